The molecule has 200 valence electrons. The Balaban J connectivity index is 1.51. The van der Waals surface area contributed by atoms with Gasteiger partial charge >= 0.3 is 5.97 Å². The summed E-state index contributed by atoms with van der Waals surface area (Å²) in [6, 6.07) is 24.6. The molecule has 1 heterocycles. The maximum Gasteiger partial charge on any atom is 0.330 e. The van der Waals surface area contributed by atoms with Crippen molar-refractivity contribution in [3.63, 3.8) is 0 Å². The first-order valence-electron chi connectivity index (χ1n) is 12.5. The molecule has 0 N–H and O–H groups in total. The number of carbonyl (C=O) groups excluding carboxylic acids is 2. The van der Waals surface area contributed by atoms with Gasteiger partial charge in [0, 0.05) is 29.4 Å². The molecule has 0 aliphatic rings. The van der Waals surface area contributed by atoms with Crippen molar-refractivity contribution in [1.82, 2.24) is 9.55 Å². The Labute approximate surface area is 235 Å². The van der Waals surface area contributed by atoms with Gasteiger partial charge in [-0.15, -0.1) is 0 Å². The molecule has 8 heteroatoms. The zero-order valence-electron chi connectivity index (χ0n) is 21.8. The van der Waals surface area contributed by atoms with Crippen LogP contribution < -0.4 is 4.90 Å². The van der Waals surface area contributed by atoms with E-state index in [1.54, 1.807) is 36.7 Å². The summed E-state index contributed by atoms with van der Waals surface area (Å²) in [5.41, 5.74) is 5.61. The van der Waals surface area contributed by atoms with E-state index in [9.17, 15) is 14.0 Å². The van der Waals surface area contributed by atoms with Crippen molar-refractivity contribution in [2.75, 3.05) is 12.0 Å². The minimum Gasteiger partial charge on any atom is -0.466 e. The van der Waals surface area contributed by atoms with E-state index in [1.807, 2.05) is 54.1 Å². The maximum absolute atomic E-state index is 14.7. The third kappa shape index (κ3) is 5.80. The van der Waals surface area contributed by atoms with Crippen LogP contribution >= 0.6 is 11.6 Å². The quantitative estimate of drug-likeness (QED) is 0.160. The number of fused-ring (bicyclic) bond motifs is 1. The topological polar surface area (TPSA) is 64.4 Å². The van der Waals surface area contributed by atoms with Crippen LogP contribution in [0.4, 0.5) is 10.1 Å². The van der Waals surface area contributed by atoms with Gasteiger partial charge in [-0.1, -0.05) is 48.0 Å². The van der Waals surface area contributed by atoms with Crippen LogP contribution in [0.15, 0.2) is 97.3 Å². The second-order valence-corrected chi connectivity index (χ2v) is 9.63. The lowest BCUT2D eigenvalue weighted by Gasteiger charge is -2.24. The molecule has 0 saturated heterocycles. The van der Waals surface area contributed by atoms with Crippen LogP contribution in [0.2, 0.25) is 5.02 Å². The van der Waals surface area contributed by atoms with Crippen molar-refractivity contribution < 1.29 is 18.7 Å². The number of nitrogens with zero attached hydrogens (tertiary/aromatic N) is 3. The first kappa shape index (κ1) is 26.8. The fraction of sp³-hybridized carbons (Fsp3) is 0.0938. The molecule has 0 unspecified atom stereocenters. The number of esters is 1. The largest absolute Gasteiger partial charge is 0.466 e. The van der Waals surface area contributed by atoms with Crippen LogP contribution in [0.3, 0.4) is 0 Å². The van der Waals surface area contributed by atoms with E-state index in [-0.39, 0.29) is 12.5 Å². The Morgan fingerprint density at radius 2 is 1.75 bits per heavy atom. The number of rotatable bonds is 7. The van der Waals surface area contributed by atoms with Gasteiger partial charge in [-0.2, -0.15) is 0 Å². The van der Waals surface area contributed by atoms with Gasteiger partial charge in [0.25, 0.3) is 5.91 Å². The first-order chi connectivity index (χ1) is 19.3. The fourth-order valence-electron chi connectivity index (χ4n) is 4.44. The van der Waals surface area contributed by atoms with Gasteiger partial charge in [-0.05, 0) is 76.9 Å². The zero-order valence-corrected chi connectivity index (χ0v) is 22.6. The molecule has 0 fully saturated rings. The van der Waals surface area contributed by atoms with E-state index >= 15 is 0 Å². The average molecular weight is 554 g/mol. The first-order valence-corrected chi connectivity index (χ1v) is 12.8. The highest BCUT2D eigenvalue weighted by Gasteiger charge is 2.21. The van der Waals surface area contributed by atoms with Crippen molar-refractivity contribution in [3.05, 3.63) is 125 Å². The van der Waals surface area contributed by atoms with E-state index in [0.29, 0.717) is 27.4 Å². The summed E-state index contributed by atoms with van der Waals surface area (Å²) >= 11 is 6.75. The molecular weight excluding hydrogens is 529 g/mol. The Morgan fingerprint density at radius 1 is 1.00 bits per heavy atom. The number of hydrogen-bond donors (Lipinski definition) is 0. The predicted molar refractivity (Wildman–Crippen MR) is 156 cm³/mol. The second-order valence-electron chi connectivity index (χ2n) is 9.22. The molecule has 0 aliphatic carbocycles. The third-order valence-electron chi connectivity index (χ3n) is 6.54. The number of ether oxygens (including phenoxy) is 1. The smallest absolute Gasteiger partial charge is 0.330 e. The van der Waals surface area contributed by atoms with Gasteiger partial charge in [0.15, 0.2) is 0 Å². The molecule has 0 bridgehead atoms. The third-order valence-corrected chi connectivity index (χ3v) is 6.89. The zero-order chi connectivity index (χ0) is 28.2. The molecule has 5 aromatic rings. The van der Waals surface area contributed by atoms with E-state index in [0.717, 1.165) is 22.2 Å². The van der Waals surface area contributed by atoms with E-state index in [1.165, 1.54) is 36.3 Å². The summed E-state index contributed by atoms with van der Waals surface area (Å²) in [6.07, 6.45) is 4.40. The number of anilines is 1. The number of benzene rings is 4. The number of methoxy groups -OCH3 is 1. The molecule has 4 aromatic carbocycles. The van der Waals surface area contributed by atoms with Crippen LogP contribution in [0.25, 0.3) is 28.2 Å². The monoisotopic (exact) mass is 553 g/mol. The standard InChI is InChI=1S/C32H25ClFN3O3/c1-36-20-35-29-17-24(11-12-30(29)36)23-9-10-25(28(33)16-23)19-37(32(39)22-6-4-3-5-7-22)27-15-21(14-26(34)18-27)8-13-31(38)40-2/h3-18,20H,19H2,1-2H3/b13-8+. The molecule has 6 nitrogen and oxygen atoms in total. The maximum atomic E-state index is 14.7. The number of aryl methyl sites for hydroxylation is 1. The molecule has 1 amide bonds. The minimum absolute atomic E-state index is 0.0930. The van der Waals surface area contributed by atoms with E-state index < -0.39 is 11.8 Å². The van der Waals surface area contributed by atoms with Crippen molar-refractivity contribution in [2.45, 2.75) is 6.54 Å². The number of halogens is 2. The minimum atomic E-state index is -0.572. The van der Waals surface area contributed by atoms with Crippen LogP contribution in [0.1, 0.15) is 21.5 Å². The number of aromatic nitrogens is 2. The fourth-order valence-corrected chi connectivity index (χ4v) is 4.68. The Bertz CT molecular complexity index is 1750. The molecule has 0 saturated carbocycles. The van der Waals surface area contributed by atoms with E-state index in [2.05, 4.69) is 9.72 Å². The van der Waals surface area contributed by atoms with Gasteiger partial charge in [0.05, 0.1) is 31.0 Å². The van der Waals surface area contributed by atoms with Gasteiger partial charge in [0.1, 0.15) is 5.82 Å². The molecular formula is C32H25ClFN3O3. The summed E-state index contributed by atoms with van der Waals surface area (Å²) < 4.78 is 21.3. The van der Waals surface area contributed by atoms with Gasteiger partial charge in [-0.3, -0.25) is 4.79 Å². The number of hydrogen-bond acceptors (Lipinski definition) is 4. The molecule has 0 aliphatic heterocycles. The molecule has 40 heavy (non-hydrogen) atoms. The van der Waals surface area contributed by atoms with E-state index in [4.69, 9.17) is 11.6 Å². The highest BCUT2D eigenvalue weighted by Crippen LogP contribution is 2.31. The number of imidazole rings is 1. The SMILES string of the molecule is COC(=O)/C=C/c1cc(F)cc(N(Cc2ccc(-c3ccc4c(c3)ncn4C)cc2Cl)C(=O)c2ccccc2)c1. The lowest BCUT2D eigenvalue weighted by atomic mass is 10.0. The highest BCUT2D eigenvalue weighted by molar-refractivity contribution is 6.31. The molecule has 0 spiro atoms. The highest BCUT2D eigenvalue weighted by atomic mass is 35.5. The van der Waals surface area contributed by atoms with Crippen LogP contribution in [-0.2, 0) is 23.1 Å². The molecule has 0 radical (unpaired) electrons. The Hall–Kier alpha value is -4.75. The van der Waals surface area contributed by atoms with Crippen molar-refractivity contribution in [2.24, 2.45) is 7.05 Å². The van der Waals surface area contributed by atoms with Gasteiger partial charge in [0.2, 0.25) is 0 Å². The summed E-state index contributed by atoms with van der Waals surface area (Å²) in [6.45, 7) is 0.0930. The van der Waals surface area contributed by atoms with Crippen molar-refractivity contribution in [1.29, 1.82) is 0 Å². The van der Waals surface area contributed by atoms with Gasteiger partial charge in [-0.25, -0.2) is 14.2 Å². The van der Waals surface area contributed by atoms with Crippen molar-refractivity contribution in [3.8, 4) is 11.1 Å². The Kier molecular flexibility index (Phi) is 7.75. The second kappa shape index (κ2) is 11.6. The summed E-state index contributed by atoms with van der Waals surface area (Å²) in [5, 5.41) is 0.465. The Morgan fingerprint density at radius 3 is 2.50 bits per heavy atom. The molecule has 1 aromatic heterocycles. The molecule has 5 rings (SSSR count). The van der Waals surface area contributed by atoms with Crippen LogP contribution in [0.5, 0.6) is 0 Å². The average Bonchev–Trinajstić information content (AvgIpc) is 3.34. The summed E-state index contributed by atoms with van der Waals surface area (Å²) in [7, 11) is 3.20. The summed E-state index contributed by atoms with van der Waals surface area (Å²) in [5.74, 6) is -1.45. The number of carbonyl (C=O) groups is 2. The lowest BCUT2D eigenvalue weighted by molar-refractivity contribution is -0.134. The van der Waals surface area contributed by atoms with Gasteiger partial charge < -0.3 is 14.2 Å². The summed E-state index contributed by atoms with van der Waals surface area (Å²) in [4.78, 5) is 31.1. The van der Waals surface area contributed by atoms with Crippen molar-refractivity contribution >= 4 is 46.3 Å². The number of amides is 1. The normalized spacial score (nSPS) is 11.2. The predicted octanol–water partition coefficient (Wildman–Crippen LogP) is 7.07. The molecule has 0 atom stereocenters. The van der Waals surface area contributed by atoms with Crippen LogP contribution in [-0.4, -0.2) is 28.5 Å². The van der Waals surface area contributed by atoms with Crippen LogP contribution in [0, 0.1) is 5.82 Å². The lowest BCUT2D eigenvalue weighted by Crippen LogP contribution is -2.30.